The van der Waals surface area contributed by atoms with Crippen molar-refractivity contribution in [3.8, 4) is 0 Å². The molecule has 0 aliphatic carbocycles. The smallest absolute Gasteiger partial charge is 0.308 e. The summed E-state index contributed by atoms with van der Waals surface area (Å²) in [5.74, 6) is -2.30. The number of amides is 1. The van der Waals surface area contributed by atoms with Gasteiger partial charge in [0.1, 0.15) is 13.2 Å². The van der Waals surface area contributed by atoms with Crippen molar-refractivity contribution in [2.75, 3.05) is 40.8 Å². The Morgan fingerprint density at radius 1 is 1.27 bits per heavy atom. The lowest BCUT2D eigenvalue weighted by Crippen LogP contribution is -2.39. The molecule has 0 aromatic heterocycles. The lowest BCUT2D eigenvalue weighted by atomic mass is 9.89. The van der Waals surface area contributed by atoms with Crippen LogP contribution in [0.1, 0.15) is 46.0 Å². The van der Waals surface area contributed by atoms with Crippen LogP contribution in [0, 0.1) is 11.8 Å². The van der Waals surface area contributed by atoms with Gasteiger partial charge in [0.15, 0.2) is 0 Å². The van der Waals surface area contributed by atoms with Crippen molar-refractivity contribution in [1.29, 1.82) is 0 Å². The molecular weight excluding hydrogens is 336 g/mol. The number of likely N-dealkylation sites (N-methyl/N-ethyl adjacent to an activating group) is 1. The van der Waals surface area contributed by atoms with Gasteiger partial charge >= 0.3 is 11.9 Å². The third-order valence-corrected chi connectivity index (χ3v) is 4.97. The summed E-state index contributed by atoms with van der Waals surface area (Å²) in [7, 11) is 6.05. The number of aliphatic carboxylic acids is 1. The molecule has 1 amide bonds. The molecule has 1 N–H and O–H groups in total. The fourth-order valence-electron chi connectivity index (χ4n) is 3.28. The topological polar surface area (TPSA) is 83.9 Å². The van der Waals surface area contributed by atoms with E-state index in [1.54, 1.807) is 11.8 Å². The highest BCUT2D eigenvalue weighted by Gasteiger charge is 2.32. The van der Waals surface area contributed by atoms with Crippen LogP contribution < -0.4 is 0 Å². The summed E-state index contributed by atoms with van der Waals surface area (Å²) >= 11 is 0. The molecule has 0 aromatic rings. The van der Waals surface area contributed by atoms with Crippen LogP contribution in [0.25, 0.3) is 0 Å². The highest BCUT2D eigenvalue weighted by molar-refractivity contribution is 5.78. The van der Waals surface area contributed by atoms with Crippen LogP contribution >= 0.6 is 0 Å². The Morgan fingerprint density at radius 3 is 2.38 bits per heavy atom. The van der Waals surface area contributed by atoms with Gasteiger partial charge in [-0.2, -0.15) is 0 Å². The van der Waals surface area contributed by atoms with Gasteiger partial charge < -0.3 is 19.2 Å². The Labute approximate surface area is 156 Å². The second kappa shape index (κ2) is 9.90. The number of hydrogen-bond donors (Lipinski definition) is 1. The van der Waals surface area contributed by atoms with Crippen molar-refractivity contribution in [2.24, 2.45) is 11.8 Å². The Kier molecular flexibility index (Phi) is 8.53. The molecule has 0 radical (unpaired) electrons. The van der Waals surface area contributed by atoms with Gasteiger partial charge in [0, 0.05) is 19.0 Å². The Hall–Kier alpha value is -1.63. The van der Waals surface area contributed by atoms with Crippen molar-refractivity contribution in [1.82, 2.24) is 4.90 Å². The molecule has 26 heavy (non-hydrogen) atoms. The zero-order valence-electron chi connectivity index (χ0n) is 16.9. The zero-order chi connectivity index (χ0) is 19.9. The summed E-state index contributed by atoms with van der Waals surface area (Å²) in [5, 5.41) is 9.58. The zero-order valence-corrected chi connectivity index (χ0v) is 16.9. The van der Waals surface area contributed by atoms with E-state index in [1.165, 1.54) is 0 Å². The molecule has 1 saturated heterocycles. The summed E-state index contributed by atoms with van der Waals surface area (Å²) in [5.41, 5.74) is 0. The highest BCUT2D eigenvalue weighted by Crippen LogP contribution is 2.25. The lowest BCUT2D eigenvalue weighted by molar-refractivity contribution is -0.870. The fraction of sp³-hybridized carbons (Fsp3) is 0.842. The molecule has 1 aliphatic heterocycles. The third-order valence-electron chi connectivity index (χ3n) is 4.97. The molecule has 7 heteroatoms. The summed E-state index contributed by atoms with van der Waals surface area (Å²) in [6.07, 6.45) is 2.72. The fourth-order valence-corrected chi connectivity index (χ4v) is 3.28. The van der Waals surface area contributed by atoms with Crippen LogP contribution in [-0.2, 0) is 19.1 Å². The number of nitrogens with zero attached hydrogens (tertiary/aromatic N) is 2. The highest BCUT2D eigenvalue weighted by atomic mass is 16.5. The first kappa shape index (κ1) is 22.4. The number of carbonyl (C=O) groups excluding carboxylic acids is 2. The summed E-state index contributed by atoms with van der Waals surface area (Å²) < 4.78 is 5.99. The predicted octanol–water partition coefficient (Wildman–Crippen LogP) is 1.75. The lowest BCUT2D eigenvalue weighted by Gasteiger charge is -2.29. The van der Waals surface area contributed by atoms with Gasteiger partial charge in [0.2, 0.25) is 5.91 Å². The van der Waals surface area contributed by atoms with E-state index >= 15 is 0 Å². The van der Waals surface area contributed by atoms with Crippen LogP contribution in [0.2, 0.25) is 0 Å². The Balaban J connectivity index is 2.59. The van der Waals surface area contributed by atoms with E-state index in [0.29, 0.717) is 37.0 Å². The number of carboxylic acids is 1. The maximum absolute atomic E-state index is 12.2. The van der Waals surface area contributed by atoms with E-state index in [-0.39, 0.29) is 24.3 Å². The van der Waals surface area contributed by atoms with Crippen molar-refractivity contribution >= 4 is 17.8 Å². The SMILES string of the molecule is CCC(CC(CC(C)C(=O)OCC[N+](C)(C)C)C(=O)O)N1CCCC1=O. The summed E-state index contributed by atoms with van der Waals surface area (Å²) in [4.78, 5) is 37.6. The minimum atomic E-state index is -0.916. The second-order valence-corrected chi connectivity index (χ2v) is 8.34. The molecule has 150 valence electrons. The van der Waals surface area contributed by atoms with Gasteiger partial charge in [-0.3, -0.25) is 14.4 Å². The number of likely N-dealkylation sites (tertiary alicyclic amines) is 1. The molecule has 1 heterocycles. The van der Waals surface area contributed by atoms with Crippen molar-refractivity contribution in [3.63, 3.8) is 0 Å². The van der Waals surface area contributed by atoms with Crippen LogP contribution in [0.5, 0.6) is 0 Å². The molecule has 1 fully saturated rings. The number of carbonyl (C=O) groups is 3. The predicted molar refractivity (Wildman–Crippen MR) is 98.4 cm³/mol. The second-order valence-electron chi connectivity index (χ2n) is 8.34. The van der Waals surface area contributed by atoms with Crippen LogP contribution in [-0.4, -0.2) is 79.2 Å². The van der Waals surface area contributed by atoms with Crippen molar-refractivity contribution in [3.05, 3.63) is 0 Å². The normalized spacial score (nSPS) is 18.5. The first-order chi connectivity index (χ1) is 12.0. The minimum absolute atomic E-state index is 0.0764. The summed E-state index contributed by atoms with van der Waals surface area (Å²) in [6.45, 7) is 5.41. The molecule has 0 spiro atoms. The quantitative estimate of drug-likeness (QED) is 0.442. The maximum atomic E-state index is 12.2. The van der Waals surface area contributed by atoms with Gasteiger partial charge in [-0.1, -0.05) is 13.8 Å². The van der Waals surface area contributed by atoms with Gasteiger partial charge in [-0.05, 0) is 25.7 Å². The standard InChI is InChI=1S/C19H34N2O5/c1-6-16(20-9-7-8-17(20)22)13-15(18(23)24)12-14(2)19(25)26-11-10-21(3,4)5/h14-16H,6-13H2,1-5H3/p+1. The third kappa shape index (κ3) is 7.32. The van der Waals surface area contributed by atoms with E-state index in [1.807, 2.05) is 28.1 Å². The average Bonchev–Trinajstić information content (AvgIpc) is 2.95. The van der Waals surface area contributed by atoms with E-state index < -0.39 is 17.8 Å². The summed E-state index contributed by atoms with van der Waals surface area (Å²) in [6, 6.07) is -0.0764. The number of quaternary nitrogens is 1. The molecule has 1 rings (SSSR count). The van der Waals surface area contributed by atoms with E-state index in [9.17, 15) is 19.5 Å². The molecule has 0 aromatic carbocycles. The van der Waals surface area contributed by atoms with Gasteiger partial charge in [0.05, 0.1) is 33.0 Å². The Morgan fingerprint density at radius 2 is 1.92 bits per heavy atom. The Bertz CT molecular complexity index is 501. The minimum Gasteiger partial charge on any atom is -0.481 e. The van der Waals surface area contributed by atoms with Crippen molar-refractivity contribution < 1.29 is 28.7 Å². The van der Waals surface area contributed by atoms with E-state index in [2.05, 4.69) is 0 Å². The molecule has 7 nitrogen and oxygen atoms in total. The maximum Gasteiger partial charge on any atom is 0.308 e. The van der Waals surface area contributed by atoms with Gasteiger partial charge in [-0.25, -0.2) is 0 Å². The molecule has 0 saturated carbocycles. The number of ether oxygens (including phenoxy) is 1. The van der Waals surface area contributed by atoms with E-state index in [0.717, 1.165) is 12.8 Å². The van der Waals surface area contributed by atoms with Crippen LogP contribution in [0.15, 0.2) is 0 Å². The molecule has 3 atom stereocenters. The number of esters is 1. The van der Waals surface area contributed by atoms with Crippen molar-refractivity contribution in [2.45, 2.75) is 52.0 Å². The van der Waals surface area contributed by atoms with Gasteiger partial charge in [-0.15, -0.1) is 0 Å². The number of rotatable bonds is 11. The van der Waals surface area contributed by atoms with Gasteiger partial charge in [0.25, 0.3) is 0 Å². The van der Waals surface area contributed by atoms with Crippen LogP contribution in [0.4, 0.5) is 0 Å². The van der Waals surface area contributed by atoms with E-state index in [4.69, 9.17) is 4.74 Å². The van der Waals surface area contributed by atoms with Crippen LogP contribution in [0.3, 0.4) is 0 Å². The average molecular weight is 371 g/mol. The number of hydrogen-bond acceptors (Lipinski definition) is 4. The molecule has 1 aliphatic rings. The monoisotopic (exact) mass is 371 g/mol. The largest absolute Gasteiger partial charge is 0.481 e. The molecular formula is C19H35N2O5+. The first-order valence-corrected chi connectivity index (χ1v) is 9.54. The first-order valence-electron chi connectivity index (χ1n) is 9.54. The molecule has 0 bridgehead atoms. The number of carboxylic acid groups (broad SMARTS) is 1. The molecule has 3 unspecified atom stereocenters.